The summed E-state index contributed by atoms with van der Waals surface area (Å²) in [6.45, 7) is 7.56. The minimum absolute atomic E-state index is 0.0791. The lowest BCUT2D eigenvalue weighted by atomic mass is 10.3. The summed E-state index contributed by atoms with van der Waals surface area (Å²) in [5.41, 5.74) is 0.395. The molecule has 0 radical (unpaired) electrons. The fraction of sp³-hybridized carbons (Fsp3) is 0.375. The Labute approximate surface area is 71.0 Å². The average Bonchev–Trinajstić information content (AvgIpc) is 2.46. The maximum absolute atomic E-state index is 11.0. The smallest absolute Gasteiger partial charge is 0.181 e. The summed E-state index contributed by atoms with van der Waals surface area (Å²) in [6.07, 6.45) is 1.60. The summed E-state index contributed by atoms with van der Waals surface area (Å²) in [5.74, 6) is 0.481. The molecule has 0 atom stereocenters. The molecular formula is C8H11N3O. The third-order valence-electron chi connectivity index (χ3n) is 1.63. The molecule has 0 amide bonds. The van der Waals surface area contributed by atoms with Crippen LogP contribution in [-0.2, 0) is 6.54 Å². The van der Waals surface area contributed by atoms with Gasteiger partial charge in [0.25, 0.3) is 0 Å². The van der Waals surface area contributed by atoms with Crippen LogP contribution in [0.25, 0.3) is 0 Å². The van der Waals surface area contributed by atoms with Crippen LogP contribution in [0.4, 0.5) is 5.82 Å². The molecule has 0 saturated carbocycles. The van der Waals surface area contributed by atoms with Gasteiger partial charge in [-0.15, -0.1) is 0 Å². The van der Waals surface area contributed by atoms with Crippen LogP contribution in [-0.4, -0.2) is 22.1 Å². The normalized spacial score (nSPS) is 9.83. The third kappa shape index (κ3) is 1.28. The molecule has 0 fully saturated rings. The number of aliphatic imine (C=N–C) groups is 1. The highest BCUT2D eigenvalue weighted by molar-refractivity contribution is 5.96. The lowest BCUT2D eigenvalue weighted by Gasteiger charge is -1.98. The number of Topliss-reactive ketones (excluding diaryl/α,β-unsaturated/α-hetero) is 1. The zero-order valence-electron chi connectivity index (χ0n) is 7.24. The standard InChI is InChI=1S/C8H11N3O/c1-4-11-5-10-7(6(2)12)8(11)9-3/h5H,3-4H2,1-2H3. The van der Waals surface area contributed by atoms with Gasteiger partial charge in [-0.25, -0.2) is 9.98 Å². The van der Waals surface area contributed by atoms with E-state index in [9.17, 15) is 4.79 Å². The Morgan fingerprint density at radius 3 is 2.92 bits per heavy atom. The second-order valence-electron chi connectivity index (χ2n) is 2.42. The van der Waals surface area contributed by atoms with Gasteiger partial charge in [0.1, 0.15) is 0 Å². The van der Waals surface area contributed by atoms with E-state index >= 15 is 0 Å². The first-order valence-corrected chi connectivity index (χ1v) is 3.73. The Morgan fingerprint density at radius 2 is 2.50 bits per heavy atom. The summed E-state index contributed by atoms with van der Waals surface area (Å²) in [4.78, 5) is 18.7. The van der Waals surface area contributed by atoms with Crippen LogP contribution < -0.4 is 0 Å². The molecule has 1 heterocycles. The number of aromatic nitrogens is 2. The Morgan fingerprint density at radius 1 is 1.83 bits per heavy atom. The number of hydrogen-bond donors (Lipinski definition) is 0. The van der Waals surface area contributed by atoms with E-state index in [0.29, 0.717) is 11.5 Å². The van der Waals surface area contributed by atoms with E-state index in [0.717, 1.165) is 6.54 Å². The first-order chi connectivity index (χ1) is 5.70. The van der Waals surface area contributed by atoms with Gasteiger partial charge in [-0.05, 0) is 13.6 Å². The van der Waals surface area contributed by atoms with Crippen LogP contribution in [0.3, 0.4) is 0 Å². The van der Waals surface area contributed by atoms with E-state index in [2.05, 4.69) is 16.7 Å². The highest BCUT2D eigenvalue weighted by Crippen LogP contribution is 2.17. The van der Waals surface area contributed by atoms with Gasteiger partial charge < -0.3 is 4.57 Å². The lowest BCUT2D eigenvalue weighted by molar-refractivity contribution is 0.101. The molecule has 1 rings (SSSR count). The highest BCUT2D eigenvalue weighted by Gasteiger charge is 2.11. The summed E-state index contributed by atoms with van der Waals surface area (Å²) < 4.78 is 1.78. The van der Waals surface area contributed by atoms with Crippen molar-refractivity contribution < 1.29 is 4.79 Å². The topological polar surface area (TPSA) is 47.2 Å². The fourth-order valence-corrected chi connectivity index (χ4v) is 1.02. The van der Waals surface area contributed by atoms with Crippen molar-refractivity contribution >= 4 is 18.3 Å². The second-order valence-corrected chi connectivity index (χ2v) is 2.42. The molecular weight excluding hydrogens is 154 g/mol. The fourth-order valence-electron chi connectivity index (χ4n) is 1.02. The molecule has 0 saturated heterocycles. The number of imidazole rings is 1. The summed E-state index contributed by atoms with van der Waals surface area (Å²) in [5, 5.41) is 0. The molecule has 0 aliphatic heterocycles. The number of aryl methyl sites for hydroxylation is 1. The molecule has 4 heteroatoms. The van der Waals surface area contributed by atoms with Crippen molar-refractivity contribution in [2.75, 3.05) is 0 Å². The quantitative estimate of drug-likeness (QED) is 0.502. The number of nitrogens with zero attached hydrogens (tertiary/aromatic N) is 3. The lowest BCUT2D eigenvalue weighted by Crippen LogP contribution is -1.94. The zero-order valence-corrected chi connectivity index (χ0v) is 7.24. The number of rotatable bonds is 3. The van der Waals surface area contributed by atoms with Crippen LogP contribution in [0.2, 0.25) is 0 Å². The van der Waals surface area contributed by atoms with Gasteiger partial charge >= 0.3 is 0 Å². The number of carbonyl (C=O) groups excluding carboxylic acids is 1. The third-order valence-corrected chi connectivity index (χ3v) is 1.63. The molecule has 0 N–H and O–H groups in total. The first-order valence-electron chi connectivity index (χ1n) is 3.73. The number of hydrogen-bond acceptors (Lipinski definition) is 3. The molecule has 64 valence electrons. The minimum atomic E-state index is -0.0791. The second kappa shape index (κ2) is 3.30. The van der Waals surface area contributed by atoms with E-state index in [1.165, 1.54) is 6.92 Å². The van der Waals surface area contributed by atoms with Gasteiger partial charge in [0.2, 0.25) is 0 Å². The molecule has 0 bridgehead atoms. The number of carbonyl (C=O) groups is 1. The minimum Gasteiger partial charge on any atom is -0.316 e. The van der Waals surface area contributed by atoms with E-state index < -0.39 is 0 Å². The number of ketones is 1. The van der Waals surface area contributed by atoms with E-state index in [-0.39, 0.29) is 5.78 Å². The largest absolute Gasteiger partial charge is 0.316 e. The van der Waals surface area contributed by atoms with Crippen molar-refractivity contribution in [3.8, 4) is 0 Å². The van der Waals surface area contributed by atoms with Crippen molar-refractivity contribution in [1.29, 1.82) is 0 Å². The van der Waals surface area contributed by atoms with Crippen LogP contribution >= 0.6 is 0 Å². The Bertz CT molecular complexity index is 314. The van der Waals surface area contributed by atoms with Gasteiger partial charge in [-0.1, -0.05) is 0 Å². The van der Waals surface area contributed by atoms with Crippen LogP contribution in [0, 0.1) is 0 Å². The molecule has 1 aromatic heterocycles. The maximum atomic E-state index is 11.0. The average molecular weight is 165 g/mol. The molecule has 12 heavy (non-hydrogen) atoms. The Balaban J connectivity index is 3.22. The van der Waals surface area contributed by atoms with Gasteiger partial charge in [0.15, 0.2) is 17.3 Å². The van der Waals surface area contributed by atoms with E-state index in [4.69, 9.17) is 0 Å². The van der Waals surface area contributed by atoms with E-state index in [1.54, 1.807) is 10.9 Å². The Kier molecular flexibility index (Phi) is 2.38. The monoisotopic (exact) mass is 165 g/mol. The van der Waals surface area contributed by atoms with Gasteiger partial charge in [0.05, 0.1) is 6.33 Å². The molecule has 0 aliphatic rings. The van der Waals surface area contributed by atoms with Gasteiger partial charge in [-0.2, -0.15) is 0 Å². The first kappa shape index (κ1) is 8.64. The molecule has 0 aliphatic carbocycles. The molecule has 0 spiro atoms. The van der Waals surface area contributed by atoms with Gasteiger partial charge in [-0.3, -0.25) is 4.79 Å². The van der Waals surface area contributed by atoms with Crippen molar-refractivity contribution in [3.05, 3.63) is 12.0 Å². The highest BCUT2D eigenvalue weighted by atomic mass is 16.1. The molecule has 0 unspecified atom stereocenters. The van der Waals surface area contributed by atoms with Crippen molar-refractivity contribution in [2.45, 2.75) is 20.4 Å². The summed E-state index contributed by atoms with van der Waals surface area (Å²) in [7, 11) is 0. The Hall–Kier alpha value is -1.45. The van der Waals surface area contributed by atoms with Crippen molar-refractivity contribution in [3.63, 3.8) is 0 Å². The molecule has 4 nitrogen and oxygen atoms in total. The predicted octanol–water partition coefficient (Wildman–Crippen LogP) is 1.44. The predicted molar refractivity (Wildman–Crippen MR) is 47.1 cm³/mol. The summed E-state index contributed by atoms with van der Waals surface area (Å²) >= 11 is 0. The van der Waals surface area contributed by atoms with Crippen molar-refractivity contribution in [2.24, 2.45) is 4.99 Å². The maximum Gasteiger partial charge on any atom is 0.181 e. The van der Waals surface area contributed by atoms with Crippen LogP contribution in [0.5, 0.6) is 0 Å². The van der Waals surface area contributed by atoms with Gasteiger partial charge in [0, 0.05) is 13.5 Å². The summed E-state index contributed by atoms with van der Waals surface area (Å²) in [6, 6.07) is 0. The molecule has 0 aromatic carbocycles. The van der Waals surface area contributed by atoms with Crippen LogP contribution in [0.1, 0.15) is 24.3 Å². The van der Waals surface area contributed by atoms with E-state index in [1.807, 2.05) is 6.92 Å². The zero-order chi connectivity index (χ0) is 9.14. The SMILES string of the molecule is C=Nc1c(C(C)=O)ncn1CC. The molecule has 1 aromatic rings. The van der Waals surface area contributed by atoms with Crippen LogP contribution in [0.15, 0.2) is 11.3 Å². The van der Waals surface area contributed by atoms with Crippen molar-refractivity contribution in [1.82, 2.24) is 9.55 Å².